The lowest BCUT2D eigenvalue weighted by Crippen LogP contribution is -2.49. The maximum atomic E-state index is 12.8. The zero-order valence-electron chi connectivity index (χ0n) is 18.6. The van der Waals surface area contributed by atoms with Crippen molar-refractivity contribution < 1.29 is 22.7 Å². The van der Waals surface area contributed by atoms with Crippen molar-refractivity contribution in [3.05, 3.63) is 42.5 Å². The molecule has 2 aromatic carbocycles. The fraction of sp³-hybridized carbons (Fsp3) is 0.391. The highest BCUT2D eigenvalue weighted by atomic mass is 32.2. The first-order valence-corrected chi connectivity index (χ1v) is 13.3. The first-order chi connectivity index (χ1) is 15.8. The van der Waals surface area contributed by atoms with Crippen LogP contribution in [0, 0.1) is 0 Å². The fourth-order valence-electron chi connectivity index (χ4n) is 3.90. The number of hydrogen-bond donors (Lipinski definition) is 1. The molecule has 33 heavy (non-hydrogen) atoms. The number of carbonyl (C=O) groups is 2. The smallest absolute Gasteiger partial charge is 0.237 e. The largest absolute Gasteiger partial charge is 0.497 e. The standard InChI is InChI=1S/C23H27N3O5S2/c1-16-23(28)24-20-15-19(6-7-21(20)32-16)33(29,30)13-8-22(27)26-11-9-25(10-12-26)17-4-3-5-18(14-17)31-2/h3-7,14-16H,8-13H2,1-2H3,(H,24,28). The van der Waals surface area contributed by atoms with Crippen LogP contribution in [0.5, 0.6) is 5.75 Å². The number of methoxy groups -OCH3 is 1. The number of sulfone groups is 1. The quantitative estimate of drug-likeness (QED) is 0.666. The summed E-state index contributed by atoms with van der Waals surface area (Å²) in [6.07, 6.45) is -0.0727. The molecule has 8 nitrogen and oxygen atoms in total. The number of nitrogens with zero attached hydrogens (tertiary/aromatic N) is 2. The monoisotopic (exact) mass is 489 g/mol. The predicted octanol–water partition coefficient (Wildman–Crippen LogP) is 2.64. The average Bonchev–Trinajstić information content (AvgIpc) is 2.83. The van der Waals surface area contributed by atoms with Crippen LogP contribution in [0.15, 0.2) is 52.3 Å². The molecule has 176 valence electrons. The molecule has 1 saturated heterocycles. The van der Waals surface area contributed by atoms with E-state index in [1.165, 1.54) is 17.8 Å². The van der Waals surface area contributed by atoms with E-state index in [1.807, 2.05) is 24.3 Å². The van der Waals surface area contributed by atoms with E-state index in [0.717, 1.165) is 16.3 Å². The summed E-state index contributed by atoms with van der Waals surface area (Å²) in [6.45, 7) is 4.22. The van der Waals surface area contributed by atoms with Crippen molar-refractivity contribution >= 4 is 44.8 Å². The van der Waals surface area contributed by atoms with Crippen LogP contribution in [-0.2, 0) is 19.4 Å². The van der Waals surface area contributed by atoms with E-state index in [-0.39, 0.29) is 34.1 Å². The number of nitrogens with one attached hydrogen (secondary N) is 1. The van der Waals surface area contributed by atoms with Gasteiger partial charge in [-0.15, -0.1) is 11.8 Å². The van der Waals surface area contributed by atoms with E-state index < -0.39 is 9.84 Å². The van der Waals surface area contributed by atoms with Crippen LogP contribution in [0.2, 0.25) is 0 Å². The van der Waals surface area contributed by atoms with Crippen LogP contribution in [0.25, 0.3) is 0 Å². The van der Waals surface area contributed by atoms with Crippen molar-refractivity contribution in [1.29, 1.82) is 0 Å². The van der Waals surface area contributed by atoms with Gasteiger partial charge in [-0.3, -0.25) is 9.59 Å². The number of rotatable bonds is 6. The van der Waals surface area contributed by atoms with Gasteiger partial charge in [0.25, 0.3) is 0 Å². The third-order valence-corrected chi connectivity index (χ3v) is 8.77. The van der Waals surface area contributed by atoms with Crippen LogP contribution < -0.4 is 15.0 Å². The lowest BCUT2D eigenvalue weighted by Gasteiger charge is -2.36. The molecule has 2 aromatic rings. The molecular weight excluding hydrogens is 462 g/mol. The van der Waals surface area contributed by atoms with Gasteiger partial charge in [0, 0.05) is 49.2 Å². The molecule has 0 aromatic heterocycles. The molecule has 0 spiro atoms. The summed E-state index contributed by atoms with van der Waals surface area (Å²) in [4.78, 5) is 29.5. The second kappa shape index (κ2) is 9.64. The topological polar surface area (TPSA) is 96.0 Å². The van der Waals surface area contributed by atoms with Gasteiger partial charge in [-0.2, -0.15) is 0 Å². The van der Waals surface area contributed by atoms with Gasteiger partial charge in [-0.05, 0) is 37.3 Å². The Morgan fingerprint density at radius 1 is 1.15 bits per heavy atom. The molecule has 1 fully saturated rings. The molecule has 1 unspecified atom stereocenters. The van der Waals surface area contributed by atoms with E-state index >= 15 is 0 Å². The van der Waals surface area contributed by atoms with E-state index in [9.17, 15) is 18.0 Å². The van der Waals surface area contributed by atoms with Gasteiger partial charge in [-0.25, -0.2) is 8.42 Å². The van der Waals surface area contributed by atoms with Crippen molar-refractivity contribution in [3.8, 4) is 5.75 Å². The SMILES string of the molecule is COc1cccc(N2CCN(C(=O)CCS(=O)(=O)c3ccc4c(c3)NC(=O)C(C)S4)CC2)c1. The highest BCUT2D eigenvalue weighted by Crippen LogP contribution is 2.37. The second-order valence-electron chi connectivity index (χ2n) is 8.05. The highest BCUT2D eigenvalue weighted by molar-refractivity contribution is 8.01. The number of anilines is 2. The molecule has 4 rings (SSSR count). The van der Waals surface area contributed by atoms with Crippen LogP contribution >= 0.6 is 11.8 Å². The molecule has 0 radical (unpaired) electrons. The maximum absolute atomic E-state index is 12.8. The molecule has 0 aliphatic carbocycles. The van der Waals surface area contributed by atoms with E-state index in [4.69, 9.17) is 4.74 Å². The summed E-state index contributed by atoms with van der Waals surface area (Å²) in [5.74, 6) is 0.203. The highest BCUT2D eigenvalue weighted by Gasteiger charge is 2.27. The third kappa shape index (κ3) is 5.27. The molecule has 2 aliphatic heterocycles. The Kier molecular flexibility index (Phi) is 6.85. The Balaban J connectivity index is 1.33. The number of piperazine rings is 1. The summed E-state index contributed by atoms with van der Waals surface area (Å²) in [5, 5.41) is 2.53. The summed E-state index contributed by atoms with van der Waals surface area (Å²) in [6, 6.07) is 12.5. The van der Waals surface area contributed by atoms with Crippen molar-refractivity contribution in [1.82, 2.24) is 4.90 Å². The van der Waals surface area contributed by atoms with Gasteiger partial charge in [0.2, 0.25) is 11.8 Å². The van der Waals surface area contributed by atoms with Gasteiger partial charge in [0.1, 0.15) is 5.75 Å². The minimum absolute atomic E-state index is 0.0727. The number of fused-ring (bicyclic) bond motifs is 1. The summed E-state index contributed by atoms with van der Waals surface area (Å²) >= 11 is 1.40. The molecule has 2 heterocycles. The number of amides is 2. The normalized spacial score (nSPS) is 18.5. The Hall–Kier alpha value is -2.72. The predicted molar refractivity (Wildman–Crippen MR) is 129 cm³/mol. The van der Waals surface area contributed by atoms with Crippen molar-refractivity contribution in [3.63, 3.8) is 0 Å². The minimum atomic E-state index is -3.65. The summed E-state index contributed by atoms with van der Waals surface area (Å²) in [7, 11) is -2.02. The van der Waals surface area contributed by atoms with E-state index in [0.29, 0.717) is 31.9 Å². The number of hydrogen-bond acceptors (Lipinski definition) is 7. The van der Waals surface area contributed by atoms with Gasteiger partial charge in [0.05, 0.1) is 28.7 Å². The summed E-state index contributed by atoms with van der Waals surface area (Å²) < 4.78 is 31.0. The number of carbonyl (C=O) groups excluding carboxylic acids is 2. The minimum Gasteiger partial charge on any atom is -0.497 e. The molecule has 10 heteroatoms. The number of ether oxygens (including phenoxy) is 1. The zero-order valence-corrected chi connectivity index (χ0v) is 20.2. The molecule has 0 bridgehead atoms. The van der Waals surface area contributed by atoms with Crippen molar-refractivity contribution in [2.75, 3.05) is 49.3 Å². The summed E-state index contributed by atoms with van der Waals surface area (Å²) in [5.41, 5.74) is 1.54. The second-order valence-corrected chi connectivity index (χ2v) is 11.5. The van der Waals surface area contributed by atoms with Crippen LogP contribution in [0.1, 0.15) is 13.3 Å². The number of thioether (sulfide) groups is 1. The Labute approximate surface area is 198 Å². The van der Waals surface area contributed by atoms with Crippen LogP contribution in [0.3, 0.4) is 0 Å². The van der Waals surface area contributed by atoms with Crippen molar-refractivity contribution in [2.45, 2.75) is 28.4 Å². The van der Waals surface area contributed by atoms with Crippen LogP contribution in [0.4, 0.5) is 11.4 Å². The first-order valence-electron chi connectivity index (χ1n) is 10.8. The Morgan fingerprint density at radius 3 is 2.64 bits per heavy atom. The van der Waals surface area contributed by atoms with Crippen molar-refractivity contribution in [2.24, 2.45) is 0 Å². The van der Waals surface area contributed by atoms with Gasteiger partial charge in [-0.1, -0.05) is 6.07 Å². The Bertz CT molecular complexity index is 1160. The first kappa shape index (κ1) is 23.4. The molecule has 0 saturated carbocycles. The molecule has 1 N–H and O–H groups in total. The lowest BCUT2D eigenvalue weighted by molar-refractivity contribution is -0.131. The molecular formula is C23H27N3O5S2. The van der Waals surface area contributed by atoms with E-state index in [1.54, 1.807) is 31.1 Å². The molecule has 1 atom stereocenters. The van der Waals surface area contributed by atoms with Gasteiger partial charge >= 0.3 is 0 Å². The lowest BCUT2D eigenvalue weighted by atomic mass is 10.2. The average molecular weight is 490 g/mol. The zero-order chi connectivity index (χ0) is 23.6. The maximum Gasteiger partial charge on any atom is 0.237 e. The fourth-order valence-corrected chi connectivity index (χ4v) is 6.08. The Morgan fingerprint density at radius 2 is 1.91 bits per heavy atom. The van der Waals surface area contributed by atoms with Crippen LogP contribution in [-0.4, -0.2) is 69.4 Å². The van der Waals surface area contributed by atoms with Gasteiger partial charge < -0.3 is 19.9 Å². The van der Waals surface area contributed by atoms with Gasteiger partial charge in [0.15, 0.2) is 9.84 Å². The molecule has 2 aliphatic rings. The number of benzene rings is 2. The van der Waals surface area contributed by atoms with E-state index in [2.05, 4.69) is 10.2 Å². The molecule has 2 amide bonds. The third-order valence-electron chi connectivity index (χ3n) is 5.88.